The summed E-state index contributed by atoms with van der Waals surface area (Å²) in [6, 6.07) is 0. The van der Waals surface area contributed by atoms with Gasteiger partial charge in [0.1, 0.15) is 12.2 Å². The molecule has 0 aromatic heterocycles. The first kappa shape index (κ1) is 25.0. The quantitative estimate of drug-likeness (QED) is 0.361. The fourth-order valence-corrected chi connectivity index (χ4v) is 0.149. The van der Waals surface area contributed by atoms with E-state index in [2.05, 4.69) is 0 Å². The second-order valence-electron chi connectivity index (χ2n) is 2.03. The van der Waals surface area contributed by atoms with Gasteiger partial charge in [-0.2, -0.15) is 0 Å². The van der Waals surface area contributed by atoms with E-state index >= 15 is 0 Å². The summed E-state index contributed by atoms with van der Waals surface area (Å²) in [6.07, 6.45) is -3.47. The zero-order valence-corrected chi connectivity index (χ0v) is 10.4. The summed E-state index contributed by atoms with van der Waals surface area (Å²) in [7, 11) is 0. The van der Waals surface area contributed by atoms with E-state index in [1.54, 1.807) is 0 Å². The Bertz CT molecular complexity index is 165. The monoisotopic (exact) mass is 268 g/mol. The molecule has 0 saturated heterocycles. The molecule has 0 heterocycles. The summed E-state index contributed by atoms with van der Waals surface area (Å²) >= 11 is 0. The number of aliphatic hydroxyl groups excluding tert-OH is 4. The van der Waals surface area contributed by atoms with E-state index in [1.807, 2.05) is 0 Å². The minimum absolute atomic E-state index is 0. The summed E-state index contributed by atoms with van der Waals surface area (Å²) in [5.74, 6) is -3.30. The maximum atomic E-state index is 9.41. The number of aliphatic hydroxyl groups is 4. The minimum atomic E-state index is -1.74. The molecule has 0 spiro atoms. The zero-order chi connectivity index (χ0) is 11.7. The smallest absolute Gasteiger partial charge is 0.547 e. The molecule has 0 aromatic rings. The summed E-state index contributed by atoms with van der Waals surface area (Å²) < 4.78 is 0. The zero-order valence-electron chi connectivity index (χ0n) is 8.20. The van der Waals surface area contributed by atoms with E-state index in [9.17, 15) is 19.8 Å². The Morgan fingerprint density at radius 1 is 0.938 bits per heavy atom. The van der Waals surface area contributed by atoms with Crippen LogP contribution in [0, 0.1) is 0 Å². The van der Waals surface area contributed by atoms with Gasteiger partial charge in [-0.25, -0.2) is 0 Å². The van der Waals surface area contributed by atoms with E-state index in [0.717, 1.165) is 0 Å². The molecule has 0 amide bonds. The molecule has 16 heavy (non-hydrogen) atoms. The Hall–Kier alpha value is -0.000260. The summed E-state index contributed by atoms with van der Waals surface area (Å²) in [6.45, 7) is -1.58. The van der Waals surface area contributed by atoms with Crippen molar-refractivity contribution in [2.24, 2.45) is 0 Å². The van der Waals surface area contributed by atoms with Crippen molar-refractivity contribution in [1.29, 1.82) is 0 Å². The number of carbonyl (C=O) groups is 2. The summed E-state index contributed by atoms with van der Waals surface area (Å²) in [5.41, 5.74) is 0. The van der Waals surface area contributed by atoms with Crippen molar-refractivity contribution in [2.45, 2.75) is 12.2 Å². The first-order valence-corrected chi connectivity index (χ1v) is 3.36. The molecule has 0 rings (SSSR count). The van der Waals surface area contributed by atoms with E-state index in [4.69, 9.17) is 20.4 Å². The molecule has 0 aromatic carbocycles. The van der Waals surface area contributed by atoms with Crippen LogP contribution in [0.4, 0.5) is 0 Å². The van der Waals surface area contributed by atoms with Crippen LogP contribution < -0.4 is 10.2 Å². The van der Waals surface area contributed by atoms with Gasteiger partial charge in [-0.3, -0.25) is 0 Å². The molecule has 10 heteroatoms. The maximum Gasteiger partial charge on any atom is 2.00 e. The molecule has 9 nitrogen and oxygen atoms in total. The molecule has 0 aliphatic heterocycles. The molecule has 0 saturated carbocycles. The number of hydrogen-bond donors (Lipinski definition) is 4. The number of rotatable bonds is 4. The standard InChI is InChI=1S/2C3H6O4.Ca.H2O/c2*4-1-2(5)3(6)7;;/h2*2,4-5H,1H2,(H,6,7);;1H2/q;;+2;/p-2/t2*2-;;/m00../s1. The van der Waals surface area contributed by atoms with Crippen molar-refractivity contribution >= 4 is 49.7 Å². The largest absolute Gasteiger partial charge is 2.00 e. The molecule has 0 bridgehead atoms. The van der Waals surface area contributed by atoms with Crippen LogP contribution in [-0.4, -0.2) is 101 Å². The van der Waals surface area contributed by atoms with Crippen molar-refractivity contribution in [3.8, 4) is 0 Å². The summed E-state index contributed by atoms with van der Waals surface area (Å²) in [5, 5.41) is 50.5. The topological polar surface area (TPSA) is 193 Å². The predicted molar refractivity (Wildman–Crippen MR) is 45.6 cm³/mol. The van der Waals surface area contributed by atoms with Crippen LogP contribution >= 0.6 is 0 Å². The van der Waals surface area contributed by atoms with E-state index < -0.39 is 37.4 Å². The molecule has 0 fully saturated rings. The van der Waals surface area contributed by atoms with Gasteiger partial charge in [-0.15, -0.1) is 0 Å². The fourth-order valence-electron chi connectivity index (χ4n) is 0.149. The predicted octanol–water partition coefficient (Wildman–Crippen LogP) is -7.03. The van der Waals surface area contributed by atoms with Gasteiger partial charge in [0.25, 0.3) is 0 Å². The van der Waals surface area contributed by atoms with Gasteiger partial charge < -0.3 is 45.7 Å². The first-order chi connectivity index (χ1) is 6.36. The van der Waals surface area contributed by atoms with Crippen molar-refractivity contribution in [2.75, 3.05) is 13.2 Å². The van der Waals surface area contributed by atoms with Crippen molar-refractivity contribution in [3.63, 3.8) is 0 Å². The Morgan fingerprint density at radius 3 is 1.12 bits per heavy atom. The Labute approximate surface area is 120 Å². The molecule has 0 aliphatic rings. The number of aliphatic carboxylic acids is 2. The second kappa shape index (κ2) is 15.0. The third-order valence-electron chi connectivity index (χ3n) is 0.890. The average Bonchev–Trinajstić information content (AvgIpc) is 2.15. The van der Waals surface area contributed by atoms with Crippen LogP contribution in [-0.2, 0) is 9.59 Å². The van der Waals surface area contributed by atoms with Gasteiger partial charge in [-0.05, 0) is 0 Å². The molecular formula is C6H12CaO9. The van der Waals surface area contributed by atoms with Crippen LogP contribution in [0.15, 0.2) is 0 Å². The number of carbonyl (C=O) groups excluding carboxylic acids is 2. The number of hydrogen-bond acceptors (Lipinski definition) is 8. The molecule has 0 radical (unpaired) electrons. The molecule has 0 aliphatic carbocycles. The third-order valence-corrected chi connectivity index (χ3v) is 0.890. The van der Waals surface area contributed by atoms with Crippen LogP contribution in [0.2, 0.25) is 0 Å². The molecule has 6 N–H and O–H groups in total. The first-order valence-electron chi connectivity index (χ1n) is 3.36. The van der Waals surface area contributed by atoms with Gasteiger partial charge in [0.15, 0.2) is 0 Å². The van der Waals surface area contributed by atoms with Gasteiger partial charge in [0.2, 0.25) is 0 Å². The van der Waals surface area contributed by atoms with Gasteiger partial charge in [0, 0.05) is 0 Å². The van der Waals surface area contributed by atoms with Crippen LogP contribution in [0.1, 0.15) is 0 Å². The Kier molecular flexibility index (Phi) is 23.4. The van der Waals surface area contributed by atoms with Crippen molar-refractivity contribution < 1.29 is 45.7 Å². The maximum absolute atomic E-state index is 9.41. The Morgan fingerprint density at radius 2 is 1.12 bits per heavy atom. The van der Waals surface area contributed by atoms with Crippen molar-refractivity contribution in [1.82, 2.24) is 0 Å². The van der Waals surface area contributed by atoms with Crippen LogP contribution in [0.3, 0.4) is 0 Å². The average molecular weight is 268 g/mol. The van der Waals surface area contributed by atoms with Crippen LogP contribution in [0.25, 0.3) is 0 Å². The third kappa shape index (κ3) is 16.4. The fraction of sp³-hybridized carbons (Fsp3) is 0.667. The number of carboxylic acids is 2. The normalized spacial score (nSPS) is 11.8. The SMILES string of the molecule is O.O=C([O-])[C@@H](O)CO.O=C([O-])[C@@H](O)CO.[Ca+2]. The Balaban J connectivity index is -0.0000000800. The van der Waals surface area contributed by atoms with Crippen LogP contribution in [0.5, 0.6) is 0 Å². The minimum Gasteiger partial charge on any atom is -0.547 e. The molecule has 0 unspecified atom stereocenters. The molecule has 2 atom stereocenters. The summed E-state index contributed by atoms with van der Waals surface area (Å²) in [4.78, 5) is 18.8. The van der Waals surface area contributed by atoms with Crippen molar-refractivity contribution in [3.05, 3.63) is 0 Å². The van der Waals surface area contributed by atoms with Gasteiger partial charge in [0.05, 0.1) is 25.2 Å². The number of carboxylic acid groups (broad SMARTS) is 2. The van der Waals surface area contributed by atoms with E-state index in [0.29, 0.717) is 0 Å². The van der Waals surface area contributed by atoms with E-state index in [-0.39, 0.29) is 43.2 Å². The second-order valence-corrected chi connectivity index (χ2v) is 2.03. The van der Waals surface area contributed by atoms with Gasteiger partial charge in [-0.1, -0.05) is 0 Å². The molecular weight excluding hydrogens is 256 g/mol. The molecule has 92 valence electrons. The van der Waals surface area contributed by atoms with E-state index in [1.165, 1.54) is 0 Å². The van der Waals surface area contributed by atoms with Gasteiger partial charge >= 0.3 is 37.7 Å².